The molecule has 3 aromatic rings. The van der Waals surface area contributed by atoms with E-state index in [1.54, 1.807) is 18.2 Å². The van der Waals surface area contributed by atoms with Gasteiger partial charge in [0.2, 0.25) is 6.79 Å². The van der Waals surface area contributed by atoms with E-state index in [-0.39, 0.29) is 5.82 Å². The maximum atomic E-state index is 11.9. The molecule has 0 spiro atoms. The third kappa shape index (κ3) is 16.1. The third-order valence-electron chi connectivity index (χ3n) is 6.53. The van der Waals surface area contributed by atoms with Crippen LogP contribution in [0.3, 0.4) is 0 Å². The summed E-state index contributed by atoms with van der Waals surface area (Å²) < 4.78 is 22.2. The molecule has 0 saturated heterocycles. The summed E-state index contributed by atoms with van der Waals surface area (Å²) >= 11 is 0. The monoisotopic (exact) mass is 552 g/mol. The molecule has 0 amide bonds. The van der Waals surface area contributed by atoms with Crippen molar-refractivity contribution in [3.8, 4) is 11.5 Å². The van der Waals surface area contributed by atoms with Crippen molar-refractivity contribution in [1.82, 2.24) is 4.90 Å². The summed E-state index contributed by atoms with van der Waals surface area (Å²) in [4.78, 5) is 2.22. The highest BCUT2D eigenvalue weighted by molar-refractivity contribution is 5.43. The maximum Gasteiger partial charge on any atom is 0.231 e. The van der Waals surface area contributed by atoms with E-state index in [1.165, 1.54) is 54.5 Å². The van der Waals surface area contributed by atoms with E-state index in [0.29, 0.717) is 12.8 Å². The molecule has 222 valence electrons. The second-order valence-electron chi connectivity index (χ2n) is 9.82. The van der Waals surface area contributed by atoms with Crippen LogP contribution in [-0.2, 0) is 0 Å². The molecule has 40 heavy (non-hydrogen) atoms. The van der Waals surface area contributed by atoms with Crippen LogP contribution >= 0.6 is 0 Å². The zero-order chi connectivity index (χ0) is 30.3. The molecule has 0 saturated carbocycles. The lowest BCUT2D eigenvalue weighted by Crippen LogP contribution is -2.16. The Morgan fingerprint density at radius 1 is 0.850 bits per heavy atom. The van der Waals surface area contributed by atoms with E-state index in [9.17, 15) is 4.39 Å². The van der Waals surface area contributed by atoms with E-state index in [2.05, 4.69) is 84.1 Å². The van der Waals surface area contributed by atoms with Gasteiger partial charge in [0.1, 0.15) is 5.82 Å². The molecule has 1 aliphatic rings. The molecule has 3 aromatic carbocycles. The number of rotatable bonds is 7. The van der Waals surface area contributed by atoms with Crippen molar-refractivity contribution >= 4 is 0 Å². The van der Waals surface area contributed by atoms with Gasteiger partial charge in [-0.2, -0.15) is 0 Å². The molecule has 5 heteroatoms. The number of hydrogen-bond donors (Lipinski definition) is 1. The molecule has 4 nitrogen and oxygen atoms in total. The molecule has 0 aromatic heterocycles. The van der Waals surface area contributed by atoms with E-state index >= 15 is 0 Å². The van der Waals surface area contributed by atoms with Crippen molar-refractivity contribution in [1.29, 1.82) is 0 Å². The van der Waals surface area contributed by atoms with Crippen LogP contribution in [0.15, 0.2) is 86.0 Å². The van der Waals surface area contributed by atoms with Crippen LogP contribution < -0.4 is 15.2 Å². The number of halogens is 1. The first-order valence-corrected chi connectivity index (χ1v) is 14.2. The average molecular weight is 553 g/mol. The Bertz CT molecular complexity index is 1020. The molecule has 4 rings (SSSR count). The van der Waals surface area contributed by atoms with Crippen molar-refractivity contribution in [2.45, 2.75) is 66.3 Å². The van der Waals surface area contributed by atoms with Crippen LogP contribution in [0.1, 0.15) is 69.2 Å². The van der Waals surface area contributed by atoms with Crippen molar-refractivity contribution in [3.63, 3.8) is 0 Å². The number of benzene rings is 3. The normalized spacial score (nSPS) is 11.5. The average Bonchev–Trinajstić information content (AvgIpc) is 3.43. The largest absolute Gasteiger partial charge is 0.454 e. The minimum atomic E-state index is -0.178. The van der Waals surface area contributed by atoms with Gasteiger partial charge in [-0.25, -0.2) is 4.39 Å². The van der Waals surface area contributed by atoms with Crippen LogP contribution in [0.5, 0.6) is 11.5 Å². The van der Waals surface area contributed by atoms with E-state index in [4.69, 9.17) is 15.2 Å². The highest BCUT2D eigenvalue weighted by atomic mass is 19.1. The van der Waals surface area contributed by atoms with Crippen molar-refractivity contribution < 1.29 is 13.9 Å². The summed E-state index contributed by atoms with van der Waals surface area (Å²) in [6.07, 6.45) is 5.16. The number of nitrogens with zero attached hydrogens (tertiary/aromatic N) is 1. The van der Waals surface area contributed by atoms with Gasteiger partial charge in [0.25, 0.3) is 0 Å². The van der Waals surface area contributed by atoms with E-state index < -0.39 is 0 Å². The van der Waals surface area contributed by atoms with Gasteiger partial charge in [0.15, 0.2) is 11.5 Å². The smallest absolute Gasteiger partial charge is 0.231 e. The van der Waals surface area contributed by atoms with Crippen molar-refractivity contribution in [2.75, 3.05) is 27.4 Å². The molecule has 1 atom stereocenters. The fourth-order valence-electron chi connectivity index (χ4n) is 3.75. The lowest BCUT2D eigenvalue weighted by atomic mass is 9.98. The van der Waals surface area contributed by atoms with Gasteiger partial charge >= 0.3 is 0 Å². The van der Waals surface area contributed by atoms with Gasteiger partial charge in [-0.1, -0.05) is 80.8 Å². The fraction of sp³-hybridized carbons (Fsp3) is 0.429. The topological polar surface area (TPSA) is 47.7 Å². The van der Waals surface area contributed by atoms with Crippen LogP contribution in [0.4, 0.5) is 4.39 Å². The number of nitrogens with two attached hydrogens (primary N) is 1. The highest BCUT2D eigenvalue weighted by Crippen LogP contribution is 2.32. The Morgan fingerprint density at radius 3 is 1.95 bits per heavy atom. The zero-order valence-electron chi connectivity index (χ0n) is 26.0. The molecule has 1 heterocycles. The SMILES string of the molecule is C=C.CCC(CC)CCCN.Cc1ccc2c(c1)OCO2.Cc1cccc(C(C)N(C)C)c1.Fc1ccccc1. The Morgan fingerprint density at radius 2 is 1.45 bits per heavy atom. The summed E-state index contributed by atoms with van der Waals surface area (Å²) in [5.74, 6) is 2.46. The van der Waals surface area contributed by atoms with Crippen LogP contribution in [0, 0.1) is 25.6 Å². The van der Waals surface area contributed by atoms with E-state index in [0.717, 1.165) is 24.0 Å². The second-order valence-corrected chi connectivity index (χ2v) is 9.82. The molecule has 1 aliphatic heterocycles. The first-order valence-electron chi connectivity index (χ1n) is 14.2. The highest BCUT2D eigenvalue weighted by Gasteiger charge is 2.11. The number of ether oxygens (including phenoxy) is 2. The van der Waals surface area contributed by atoms with Gasteiger partial charge in [-0.05, 0) is 95.6 Å². The maximum absolute atomic E-state index is 11.9. The Labute approximate surface area is 244 Å². The third-order valence-corrected chi connectivity index (χ3v) is 6.53. The van der Waals surface area contributed by atoms with Crippen LogP contribution in [-0.4, -0.2) is 32.3 Å². The predicted molar refractivity (Wildman–Crippen MR) is 171 cm³/mol. The van der Waals surface area contributed by atoms with Gasteiger partial charge in [-0.15, -0.1) is 13.2 Å². The molecule has 0 aliphatic carbocycles. The summed E-state index contributed by atoms with van der Waals surface area (Å²) in [5, 5.41) is 0. The predicted octanol–water partition coefficient (Wildman–Crippen LogP) is 9.13. The zero-order valence-corrected chi connectivity index (χ0v) is 26.0. The van der Waals surface area contributed by atoms with Gasteiger partial charge in [-0.3, -0.25) is 0 Å². The Hall–Kier alpha value is -3.15. The molecule has 0 fully saturated rings. The molecule has 2 N–H and O–H groups in total. The standard InChI is InChI=1S/C11H17N.C8H19N.C8H8O2.C6H5F.C2H4/c1-9-6-5-7-11(8-9)10(2)12(3)4;1-3-8(4-2)6-5-7-9;1-6-2-3-7-8(4-6)10-5-9-7;7-6-4-2-1-3-5-6;1-2/h5-8,10H,1-4H3;8H,3-7,9H2,1-2H3;2-4H,5H2,1H3;1-5H;1-2H2. The second kappa shape index (κ2) is 22.6. The Kier molecular flexibility index (Phi) is 20.9. The lowest BCUT2D eigenvalue weighted by molar-refractivity contribution is 0.174. The van der Waals surface area contributed by atoms with Gasteiger partial charge in [0.05, 0.1) is 0 Å². The minimum Gasteiger partial charge on any atom is -0.454 e. The summed E-state index contributed by atoms with van der Waals surface area (Å²) in [7, 11) is 4.21. The first kappa shape index (κ1) is 36.8. The quantitative estimate of drug-likeness (QED) is 0.297. The number of hydrogen-bond acceptors (Lipinski definition) is 4. The van der Waals surface area contributed by atoms with Gasteiger partial charge < -0.3 is 20.1 Å². The summed E-state index contributed by atoms with van der Waals surface area (Å²) in [6.45, 7) is 18.1. The Balaban J connectivity index is 0.000000504. The van der Waals surface area contributed by atoms with Crippen molar-refractivity contribution in [2.24, 2.45) is 11.7 Å². The van der Waals surface area contributed by atoms with E-state index in [1.807, 2.05) is 25.1 Å². The lowest BCUT2D eigenvalue weighted by Gasteiger charge is -2.20. The van der Waals surface area contributed by atoms with Crippen LogP contribution in [0.2, 0.25) is 0 Å². The molecule has 1 unspecified atom stereocenters. The van der Waals surface area contributed by atoms with Crippen LogP contribution in [0.25, 0.3) is 0 Å². The minimum absolute atomic E-state index is 0.178. The molecular formula is C35H53FN2O2. The number of fused-ring (bicyclic) bond motifs is 1. The first-order chi connectivity index (χ1) is 19.2. The van der Waals surface area contributed by atoms with Gasteiger partial charge in [0, 0.05) is 6.04 Å². The summed E-state index contributed by atoms with van der Waals surface area (Å²) in [6, 6.07) is 23.0. The summed E-state index contributed by atoms with van der Waals surface area (Å²) in [5.41, 5.74) is 9.31. The van der Waals surface area contributed by atoms with Crippen molar-refractivity contribution in [3.05, 3.63) is 108 Å². The number of aryl methyl sites for hydroxylation is 2. The molecular weight excluding hydrogens is 499 g/mol. The molecule has 0 radical (unpaired) electrons. The fourth-order valence-corrected chi connectivity index (χ4v) is 3.75. The molecule has 0 bridgehead atoms.